The zero-order valence-electron chi connectivity index (χ0n) is 15.5. The number of fused-ring (bicyclic) bond motifs is 1. The van der Waals surface area contributed by atoms with Crippen molar-refractivity contribution in [2.75, 3.05) is 11.4 Å². The number of carbonyl (C=O) groups is 4. The van der Waals surface area contributed by atoms with E-state index in [2.05, 4.69) is 0 Å². The molecule has 4 rings (SSSR count). The van der Waals surface area contributed by atoms with Crippen LogP contribution in [0.25, 0.3) is 0 Å². The van der Waals surface area contributed by atoms with Crippen molar-refractivity contribution in [3.63, 3.8) is 0 Å². The number of aromatic carboxylic acids is 1. The van der Waals surface area contributed by atoms with Gasteiger partial charge in [-0.3, -0.25) is 19.2 Å². The molecule has 0 spiro atoms. The van der Waals surface area contributed by atoms with Gasteiger partial charge in [0, 0.05) is 0 Å². The summed E-state index contributed by atoms with van der Waals surface area (Å²) < 4.78 is 0. The lowest BCUT2D eigenvalue weighted by atomic mass is 9.91. The molecule has 30 heavy (non-hydrogen) atoms. The van der Waals surface area contributed by atoms with Crippen LogP contribution in [0, 0.1) is 5.92 Å². The Kier molecular flexibility index (Phi) is 4.72. The lowest BCUT2D eigenvalue weighted by Gasteiger charge is -2.26. The largest absolute Gasteiger partial charge is 0.508 e. The number of phenols is 1. The summed E-state index contributed by atoms with van der Waals surface area (Å²) in [6, 6.07) is 10.6. The Bertz CT molecular complexity index is 1050. The summed E-state index contributed by atoms with van der Waals surface area (Å²) in [4.78, 5) is 55.5. The fourth-order valence-electron chi connectivity index (χ4n) is 3.84. The molecule has 0 bridgehead atoms. The molecule has 2 heterocycles. The van der Waals surface area contributed by atoms with Gasteiger partial charge in [0.05, 0.1) is 23.2 Å². The highest BCUT2D eigenvalue weighted by atomic mass is 16.7. The monoisotopic (exact) mass is 411 g/mol. The van der Waals surface area contributed by atoms with E-state index in [0.29, 0.717) is 5.56 Å². The Morgan fingerprint density at radius 2 is 1.77 bits per heavy atom. The van der Waals surface area contributed by atoms with Gasteiger partial charge in [-0.1, -0.05) is 18.2 Å². The second kappa shape index (κ2) is 7.25. The average Bonchev–Trinajstić information content (AvgIpc) is 3.17. The first-order chi connectivity index (χ1) is 14.3. The number of carboxylic acid groups (broad SMARTS) is 1. The van der Waals surface area contributed by atoms with Gasteiger partial charge in [-0.2, -0.15) is 5.06 Å². The predicted octanol–water partition coefficient (Wildman–Crippen LogP) is 0.422. The summed E-state index contributed by atoms with van der Waals surface area (Å²) >= 11 is 0. The molecule has 0 aliphatic carbocycles. The van der Waals surface area contributed by atoms with Crippen LogP contribution in [0.5, 0.6) is 5.75 Å². The molecule has 10 heteroatoms. The number of aromatic hydroxyl groups is 1. The topological polar surface area (TPSA) is 150 Å². The molecular formula is C20H17N3O7. The van der Waals surface area contributed by atoms with E-state index >= 15 is 0 Å². The smallest absolute Gasteiger partial charge is 0.335 e. The Morgan fingerprint density at radius 1 is 1.07 bits per heavy atom. The van der Waals surface area contributed by atoms with Crippen molar-refractivity contribution in [3.8, 4) is 5.75 Å². The van der Waals surface area contributed by atoms with Gasteiger partial charge in [-0.25, -0.2) is 9.69 Å². The van der Waals surface area contributed by atoms with E-state index in [1.54, 1.807) is 12.1 Å². The molecule has 0 saturated carbocycles. The molecule has 4 N–H and O–H groups in total. The molecule has 2 saturated heterocycles. The van der Waals surface area contributed by atoms with E-state index in [-0.39, 0.29) is 23.5 Å². The van der Waals surface area contributed by atoms with Gasteiger partial charge < -0.3 is 15.9 Å². The zero-order valence-corrected chi connectivity index (χ0v) is 15.5. The van der Waals surface area contributed by atoms with Gasteiger partial charge in [0.15, 0.2) is 6.10 Å². The minimum absolute atomic E-state index is 0.0107. The molecule has 3 unspecified atom stereocenters. The third-order valence-corrected chi connectivity index (χ3v) is 5.09. The summed E-state index contributed by atoms with van der Waals surface area (Å²) in [6.07, 6.45) is -1.19. The van der Waals surface area contributed by atoms with Crippen LogP contribution in [-0.2, 0) is 19.2 Å². The van der Waals surface area contributed by atoms with E-state index in [1.807, 2.05) is 0 Å². The SMILES string of the molecule is NC(=O)CN1OC2C(=O)N(c3cccc(C(=O)O)c3)C(=O)C2C1c1ccc(O)cc1. The Morgan fingerprint density at radius 3 is 2.40 bits per heavy atom. The van der Waals surface area contributed by atoms with Crippen LogP contribution in [0.1, 0.15) is 22.0 Å². The first kappa shape index (κ1) is 19.6. The van der Waals surface area contributed by atoms with Gasteiger partial charge in [0.25, 0.3) is 5.91 Å². The van der Waals surface area contributed by atoms with Crippen molar-refractivity contribution in [2.45, 2.75) is 12.1 Å². The van der Waals surface area contributed by atoms with Crippen molar-refractivity contribution in [2.24, 2.45) is 11.7 Å². The van der Waals surface area contributed by atoms with Crippen LogP contribution in [0.4, 0.5) is 5.69 Å². The number of rotatable bonds is 5. The van der Waals surface area contributed by atoms with E-state index in [9.17, 15) is 29.4 Å². The number of primary amides is 1. The number of amides is 3. The Hall–Kier alpha value is -3.76. The van der Waals surface area contributed by atoms with Gasteiger partial charge >= 0.3 is 5.97 Å². The molecule has 2 aromatic carbocycles. The second-order valence-corrected chi connectivity index (χ2v) is 7.00. The molecule has 10 nitrogen and oxygen atoms in total. The number of carbonyl (C=O) groups excluding carboxylic acids is 3. The molecule has 2 aromatic rings. The van der Waals surface area contributed by atoms with Gasteiger partial charge in [0.1, 0.15) is 12.3 Å². The number of hydrogen-bond acceptors (Lipinski definition) is 7. The normalized spacial score (nSPS) is 23.6. The number of phenolic OH excluding ortho intramolecular Hbond substituents is 1. The number of carboxylic acids is 1. The first-order valence-corrected chi connectivity index (χ1v) is 8.99. The van der Waals surface area contributed by atoms with Crippen molar-refractivity contribution in [1.82, 2.24) is 5.06 Å². The van der Waals surface area contributed by atoms with Crippen LogP contribution >= 0.6 is 0 Å². The summed E-state index contributed by atoms with van der Waals surface area (Å²) in [6.45, 7) is -0.340. The molecule has 2 fully saturated rings. The number of nitrogens with zero attached hydrogens (tertiary/aromatic N) is 2. The summed E-state index contributed by atoms with van der Waals surface area (Å²) in [7, 11) is 0. The fraction of sp³-hybridized carbons (Fsp3) is 0.200. The van der Waals surface area contributed by atoms with Crippen LogP contribution < -0.4 is 10.6 Å². The molecule has 3 amide bonds. The first-order valence-electron chi connectivity index (χ1n) is 8.99. The molecular weight excluding hydrogens is 394 g/mol. The predicted molar refractivity (Wildman–Crippen MR) is 101 cm³/mol. The van der Waals surface area contributed by atoms with Crippen LogP contribution in [0.3, 0.4) is 0 Å². The Labute approximate surface area is 170 Å². The van der Waals surface area contributed by atoms with Gasteiger partial charge in [-0.05, 0) is 35.9 Å². The standard InChI is InChI=1S/C20H17N3O7/c21-14(25)9-22-16(10-4-6-13(24)7-5-10)15-17(30-22)19(27)23(18(15)26)12-3-1-2-11(8-12)20(28)29/h1-8,15-17,24H,9H2,(H2,21,25)(H,28,29). The summed E-state index contributed by atoms with van der Waals surface area (Å²) in [5, 5.41) is 19.9. The number of anilines is 1. The number of hydrogen-bond donors (Lipinski definition) is 3. The third kappa shape index (κ3) is 3.17. The number of benzene rings is 2. The third-order valence-electron chi connectivity index (χ3n) is 5.09. The fourth-order valence-corrected chi connectivity index (χ4v) is 3.84. The number of nitrogens with two attached hydrogens (primary N) is 1. The molecule has 2 aliphatic heterocycles. The lowest BCUT2D eigenvalue weighted by molar-refractivity contribution is -0.175. The van der Waals surface area contributed by atoms with Crippen molar-refractivity contribution in [1.29, 1.82) is 0 Å². The maximum atomic E-state index is 13.2. The van der Waals surface area contributed by atoms with Crippen molar-refractivity contribution in [3.05, 3.63) is 59.7 Å². The quantitative estimate of drug-likeness (QED) is 0.599. The lowest BCUT2D eigenvalue weighted by Crippen LogP contribution is -2.40. The van der Waals surface area contributed by atoms with Crippen molar-refractivity contribution < 1.29 is 34.2 Å². The number of imide groups is 1. The highest BCUT2D eigenvalue weighted by Crippen LogP contribution is 2.45. The maximum absolute atomic E-state index is 13.2. The Balaban J connectivity index is 1.73. The van der Waals surface area contributed by atoms with Gasteiger partial charge in [0.2, 0.25) is 11.8 Å². The minimum atomic E-state index is -1.19. The zero-order chi connectivity index (χ0) is 21.6. The molecule has 3 atom stereocenters. The second-order valence-electron chi connectivity index (χ2n) is 7.00. The minimum Gasteiger partial charge on any atom is -0.508 e. The highest BCUT2D eigenvalue weighted by molar-refractivity contribution is 6.23. The maximum Gasteiger partial charge on any atom is 0.335 e. The summed E-state index contributed by atoms with van der Waals surface area (Å²) in [5.74, 6) is -4.11. The van der Waals surface area contributed by atoms with Gasteiger partial charge in [-0.15, -0.1) is 0 Å². The highest BCUT2D eigenvalue weighted by Gasteiger charge is 2.60. The molecule has 0 radical (unpaired) electrons. The average molecular weight is 411 g/mol. The molecule has 0 aromatic heterocycles. The number of hydroxylamine groups is 2. The summed E-state index contributed by atoms with van der Waals surface area (Å²) in [5.41, 5.74) is 5.88. The van der Waals surface area contributed by atoms with Crippen LogP contribution in [-0.4, -0.2) is 51.6 Å². The molecule has 154 valence electrons. The van der Waals surface area contributed by atoms with Crippen LogP contribution in [0.2, 0.25) is 0 Å². The van der Waals surface area contributed by atoms with E-state index in [4.69, 9.17) is 10.6 Å². The molecule has 2 aliphatic rings. The van der Waals surface area contributed by atoms with Crippen molar-refractivity contribution >= 4 is 29.4 Å². The van der Waals surface area contributed by atoms with E-state index in [0.717, 1.165) is 4.90 Å². The van der Waals surface area contributed by atoms with E-state index < -0.39 is 41.8 Å². The van der Waals surface area contributed by atoms with E-state index in [1.165, 1.54) is 41.5 Å². The van der Waals surface area contributed by atoms with Crippen LogP contribution in [0.15, 0.2) is 48.5 Å².